The summed E-state index contributed by atoms with van der Waals surface area (Å²) in [5, 5.41) is 10.2. The number of amides is 2. The van der Waals surface area contributed by atoms with E-state index >= 15 is 0 Å². The van der Waals surface area contributed by atoms with E-state index in [1.54, 1.807) is 6.20 Å². The van der Waals surface area contributed by atoms with Crippen molar-refractivity contribution in [1.29, 1.82) is 0 Å². The Bertz CT molecular complexity index is 691. The van der Waals surface area contributed by atoms with Crippen molar-refractivity contribution in [3.8, 4) is 0 Å². The van der Waals surface area contributed by atoms with Crippen LogP contribution in [0.5, 0.6) is 0 Å². The molecule has 1 heterocycles. The maximum Gasteiger partial charge on any atom is 0.327 e. The third kappa shape index (κ3) is 2.94. The minimum atomic E-state index is -1.21. The molecule has 0 spiro atoms. The average molecular weight is 288 g/mol. The summed E-state index contributed by atoms with van der Waals surface area (Å²) in [6.45, 7) is 2.37. The molecule has 110 valence electrons. The SMILES string of the molecule is CC(=O)N(C(C)=O)[C@@H](Cc1c[nH]c2ccccc12)C(=O)O. The van der Waals surface area contributed by atoms with Crippen LogP contribution in [0.4, 0.5) is 0 Å². The average Bonchev–Trinajstić information content (AvgIpc) is 2.80. The Morgan fingerprint density at radius 3 is 2.38 bits per heavy atom. The number of H-pyrrole nitrogens is 1. The first-order chi connectivity index (χ1) is 9.91. The number of nitrogens with one attached hydrogen (secondary N) is 1. The lowest BCUT2D eigenvalue weighted by molar-refractivity contribution is -0.156. The topological polar surface area (TPSA) is 90.5 Å². The maximum absolute atomic E-state index is 11.6. The number of carboxylic acid groups (broad SMARTS) is 1. The molecule has 0 saturated heterocycles. The van der Waals surface area contributed by atoms with Crippen molar-refractivity contribution < 1.29 is 19.5 Å². The third-order valence-corrected chi connectivity index (χ3v) is 3.36. The highest BCUT2D eigenvalue weighted by atomic mass is 16.4. The van der Waals surface area contributed by atoms with Crippen molar-refractivity contribution in [3.05, 3.63) is 36.0 Å². The van der Waals surface area contributed by atoms with E-state index in [2.05, 4.69) is 4.98 Å². The van der Waals surface area contributed by atoms with Gasteiger partial charge in [0.1, 0.15) is 6.04 Å². The number of hydrogen-bond donors (Lipinski definition) is 2. The normalized spacial score (nSPS) is 12.1. The molecule has 2 aromatic rings. The van der Waals surface area contributed by atoms with Gasteiger partial charge in [-0.1, -0.05) is 18.2 Å². The first kappa shape index (κ1) is 14.8. The highest BCUT2D eigenvalue weighted by Gasteiger charge is 2.31. The smallest absolute Gasteiger partial charge is 0.327 e. The number of hydrogen-bond acceptors (Lipinski definition) is 3. The summed E-state index contributed by atoms with van der Waals surface area (Å²) in [6.07, 6.45) is 1.78. The first-order valence-corrected chi connectivity index (χ1v) is 6.50. The van der Waals surface area contributed by atoms with E-state index in [1.807, 2.05) is 24.3 Å². The van der Waals surface area contributed by atoms with Crippen LogP contribution in [0.2, 0.25) is 0 Å². The van der Waals surface area contributed by atoms with E-state index in [0.717, 1.165) is 21.4 Å². The number of aromatic nitrogens is 1. The van der Waals surface area contributed by atoms with Gasteiger partial charge in [-0.15, -0.1) is 0 Å². The molecule has 6 nitrogen and oxygen atoms in total. The number of imide groups is 1. The van der Waals surface area contributed by atoms with Gasteiger partial charge in [0.05, 0.1) is 0 Å². The third-order valence-electron chi connectivity index (χ3n) is 3.36. The molecule has 0 aliphatic rings. The molecule has 1 aromatic heterocycles. The molecule has 2 N–H and O–H groups in total. The largest absolute Gasteiger partial charge is 0.480 e. The van der Waals surface area contributed by atoms with E-state index in [0.29, 0.717) is 0 Å². The van der Waals surface area contributed by atoms with Gasteiger partial charge < -0.3 is 10.1 Å². The molecule has 0 fully saturated rings. The van der Waals surface area contributed by atoms with Crippen LogP contribution in [0.3, 0.4) is 0 Å². The van der Waals surface area contributed by atoms with Gasteiger partial charge in [0, 0.05) is 37.4 Å². The van der Waals surface area contributed by atoms with Crippen LogP contribution < -0.4 is 0 Å². The van der Waals surface area contributed by atoms with E-state index in [1.165, 1.54) is 13.8 Å². The van der Waals surface area contributed by atoms with Gasteiger partial charge >= 0.3 is 5.97 Å². The van der Waals surface area contributed by atoms with Gasteiger partial charge in [0.15, 0.2) is 0 Å². The van der Waals surface area contributed by atoms with Gasteiger partial charge in [-0.05, 0) is 11.6 Å². The number of benzene rings is 1. The molecule has 2 amide bonds. The summed E-state index contributed by atoms with van der Waals surface area (Å²) in [4.78, 5) is 38.4. The summed E-state index contributed by atoms with van der Waals surface area (Å²) < 4.78 is 0. The Morgan fingerprint density at radius 1 is 1.19 bits per heavy atom. The van der Waals surface area contributed by atoms with Gasteiger partial charge in [-0.3, -0.25) is 14.5 Å². The monoisotopic (exact) mass is 288 g/mol. The lowest BCUT2D eigenvalue weighted by Crippen LogP contribution is -2.48. The van der Waals surface area contributed by atoms with E-state index < -0.39 is 23.8 Å². The predicted molar refractivity (Wildman–Crippen MR) is 76.6 cm³/mol. The number of fused-ring (bicyclic) bond motifs is 1. The first-order valence-electron chi connectivity index (χ1n) is 6.50. The standard InChI is InChI=1S/C15H16N2O4/c1-9(18)17(10(2)19)14(15(20)21)7-11-8-16-13-6-4-3-5-12(11)13/h3-6,8,14,16H,7H2,1-2H3,(H,20,21)/t14-/m0/s1. The summed E-state index contributed by atoms with van der Waals surface area (Å²) in [5.74, 6) is -2.35. The molecular weight excluding hydrogens is 272 g/mol. The van der Waals surface area contributed by atoms with Crippen molar-refractivity contribution in [2.75, 3.05) is 0 Å². The Morgan fingerprint density at radius 2 is 1.81 bits per heavy atom. The number of para-hydroxylation sites is 1. The summed E-state index contributed by atoms with van der Waals surface area (Å²) in [7, 11) is 0. The lowest BCUT2D eigenvalue weighted by Gasteiger charge is -2.24. The molecule has 0 unspecified atom stereocenters. The van der Waals surface area contributed by atoms with Gasteiger partial charge in [-0.2, -0.15) is 0 Å². The van der Waals surface area contributed by atoms with Crippen molar-refractivity contribution in [2.45, 2.75) is 26.3 Å². The van der Waals surface area contributed by atoms with E-state index in [4.69, 9.17) is 0 Å². The molecule has 0 aliphatic heterocycles. The fourth-order valence-electron chi connectivity index (χ4n) is 2.46. The number of aliphatic carboxylic acids is 1. The van der Waals surface area contributed by atoms with Crippen molar-refractivity contribution in [2.24, 2.45) is 0 Å². The number of carboxylic acids is 1. The molecule has 2 rings (SSSR count). The molecule has 21 heavy (non-hydrogen) atoms. The summed E-state index contributed by atoms with van der Waals surface area (Å²) in [5.41, 5.74) is 1.64. The zero-order valence-corrected chi connectivity index (χ0v) is 11.8. The van der Waals surface area contributed by atoms with Gasteiger partial charge in [-0.25, -0.2) is 4.79 Å². The number of carbonyl (C=O) groups is 3. The van der Waals surface area contributed by atoms with E-state index in [-0.39, 0.29) is 6.42 Å². The molecule has 0 bridgehead atoms. The minimum Gasteiger partial charge on any atom is -0.480 e. The summed E-state index contributed by atoms with van der Waals surface area (Å²) >= 11 is 0. The van der Waals surface area contributed by atoms with Crippen LogP contribution in [0.15, 0.2) is 30.5 Å². The number of rotatable bonds is 4. The molecule has 6 heteroatoms. The fourth-order valence-corrected chi connectivity index (χ4v) is 2.46. The quantitative estimate of drug-likeness (QED) is 0.893. The highest BCUT2D eigenvalue weighted by molar-refractivity contribution is 5.97. The van der Waals surface area contributed by atoms with Gasteiger partial charge in [0.2, 0.25) is 11.8 Å². The Labute approximate surface area is 121 Å². The van der Waals surface area contributed by atoms with Gasteiger partial charge in [0.25, 0.3) is 0 Å². The molecule has 0 aliphatic carbocycles. The van der Waals surface area contributed by atoms with Crippen LogP contribution >= 0.6 is 0 Å². The number of nitrogens with zero attached hydrogens (tertiary/aromatic N) is 1. The second-order valence-electron chi connectivity index (χ2n) is 4.83. The molecular formula is C15H16N2O4. The van der Waals surface area contributed by atoms with Crippen molar-refractivity contribution in [1.82, 2.24) is 9.88 Å². The van der Waals surface area contributed by atoms with Crippen molar-refractivity contribution in [3.63, 3.8) is 0 Å². The Hall–Kier alpha value is -2.63. The Kier molecular flexibility index (Phi) is 4.07. The minimum absolute atomic E-state index is 0.0680. The fraction of sp³-hybridized carbons (Fsp3) is 0.267. The lowest BCUT2D eigenvalue weighted by atomic mass is 10.0. The Balaban J connectivity index is 2.38. The zero-order chi connectivity index (χ0) is 15.6. The molecule has 0 radical (unpaired) electrons. The van der Waals surface area contributed by atoms with Crippen LogP contribution in [0.1, 0.15) is 19.4 Å². The zero-order valence-electron chi connectivity index (χ0n) is 11.8. The summed E-state index contributed by atoms with van der Waals surface area (Å²) in [6, 6.07) is 6.26. The maximum atomic E-state index is 11.6. The molecule has 1 aromatic carbocycles. The second-order valence-corrected chi connectivity index (χ2v) is 4.83. The number of carbonyl (C=O) groups excluding carboxylic acids is 2. The predicted octanol–water partition coefficient (Wildman–Crippen LogP) is 1.56. The van der Waals surface area contributed by atoms with Crippen LogP contribution in [0.25, 0.3) is 10.9 Å². The molecule has 0 saturated carbocycles. The van der Waals surface area contributed by atoms with Crippen LogP contribution in [-0.4, -0.2) is 38.8 Å². The molecule has 1 atom stereocenters. The van der Waals surface area contributed by atoms with E-state index in [9.17, 15) is 19.5 Å². The van der Waals surface area contributed by atoms with Crippen LogP contribution in [0, 0.1) is 0 Å². The number of aromatic amines is 1. The van der Waals surface area contributed by atoms with Crippen molar-refractivity contribution >= 4 is 28.7 Å². The highest BCUT2D eigenvalue weighted by Crippen LogP contribution is 2.21. The second kappa shape index (κ2) is 5.78. The van der Waals surface area contributed by atoms with Crippen LogP contribution in [-0.2, 0) is 20.8 Å².